The SMILES string of the molecule is Cc1cc(Nc2nc(Nc3cc(C)c(C4CCC(C)CC4)cc3C)ncc2C(F)(F)F)n[nH]1. The Morgan fingerprint density at radius 3 is 2.33 bits per heavy atom. The Kier molecular flexibility index (Phi) is 6.32. The van der Waals surface area contributed by atoms with Gasteiger partial charge in [0, 0.05) is 23.6 Å². The van der Waals surface area contributed by atoms with E-state index in [2.05, 4.69) is 50.7 Å². The van der Waals surface area contributed by atoms with E-state index in [0.29, 0.717) is 5.92 Å². The summed E-state index contributed by atoms with van der Waals surface area (Å²) in [6.07, 6.45) is 1.06. The average molecular weight is 459 g/mol. The highest BCUT2D eigenvalue weighted by Gasteiger charge is 2.35. The molecule has 0 radical (unpaired) electrons. The standard InChI is InChI=1S/C24H29F3N6/c1-13-5-7-17(8-6-13)18-9-15(3)20(10-14(18)2)29-23-28-12-19(24(25,26)27)22(31-23)30-21-11-16(4)32-33-21/h9-13,17H,5-8H2,1-4H3,(H3,28,29,30,31,32,33). The molecule has 3 aromatic rings. The Morgan fingerprint density at radius 1 is 0.970 bits per heavy atom. The number of H-pyrrole nitrogens is 1. The normalized spacial score (nSPS) is 18.9. The second-order valence-corrected chi connectivity index (χ2v) is 9.12. The molecule has 1 aromatic carbocycles. The second-order valence-electron chi connectivity index (χ2n) is 9.12. The molecule has 1 aliphatic rings. The molecule has 0 spiro atoms. The van der Waals surface area contributed by atoms with Crippen molar-refractivity contribution < 1.29 is 13.2 Å². The van der Waals surface area contributed by atoms with Crippen molar-refractivity contribution in [2.75, 3.05) is 10.6 Å². The molecule has 0 saturated heterocycles. The van der Waals surface area contributed by atoms with Crippen molar-refractivity contribution >= 4 is 23.3 Å². The van der Waals surface area contributed by atoms with E-state index in [9.17, 15) is 13.2 Å². The summed E-state index contributed by atoms with van der Waals surface area (Å²) in [7, 11) is 0. The first kappa shape index (κ1) is 23.1. The van der Waals surface area contributed by atoms with Gasteiger partial charge in [0.2, 0.25) is 5.95 Å². The topological polar surface area (TPSA) is 78.5 Å². The number of rotatable bonds is 5. The fourth-order valence-electron chi connectivity index (χ4n) is 4.45. The molecular weight excluding hydrogens is 429 g/mol. The van der Waals surface area contributed by atoms with Crippen LogP contribution >= 0.6 is 0 Å². The fraction of sp³-hybridized carbons (Fsp3) is 0.458. The van der Waals surface area contributed by atoms with Crippen molar-refractivity contribution in [2.45, 2.75) is 65.5 Å². The third-order valence-electron chi connectivity index (χ3n) is 6.36. The molecule has 3 N–H and O–H groups in total. The van der Waals surface area contributed by atoms with Crippen LogP contribution < -0.4 is 10.6 Å². The van der Waals surface area contributed by atoms with Crippen molar-refractivity contribution in [1.82, 2.24) is 20.2 Å². The van der Waals surface area contributed by atoms with Crippen LogP contribution in [0, 0.1) is 26.7 Å². The smallest absolute Gasteiger partial charge is 0.324 e. The van der Waals surface area contributed by atoms with Crippen LogP contribution in [0.3, 0.4) is 0 Å². The van der Waals surface area contributed by atoms with Gasteiger partial charge in [-0.15, -0.1) is 0 Å². The third-order valence-corrected chi connectivity index (χ3v) is 6.36. The van der Waals surface area contributed by atoms with Crippen LogP contribution in [-0.2, 0) is 6.18 Å². The lowest BCUT2D eigenvalue weighted by atomic mass is 9.78. The van der Waals surface area contributed by atoms with E-state index < -0.39 is 11.7 Å². The van der Waals surface area contributed by atoms with E-state index >= 15 is 0 Å². The highest BCUT2D eigenvalue weighted by Crippen LogP contribution is 2.39. The Balaban J connectivity index is 1.60. The summed E-state index contributed by atoms with van der Waals surface area (Å²) in [6.45, 7) is 8.14. The fourth-order valence-corrected chi connectivity index (χ4v) is 4.45. The molecule has 9 heteroatoms. The monoisotopic (exact) mass is 458 g/mol. The Labute approximate surface area is 191 Å². The zero-order valence-electron chi connectivity index (χ0n) is 19.3. The van der Waals surface area contributed by atoms with Gasteiger partial charge in [0.1, 0.15) is 11.4 Å². The van der Waals surface area contributed by atoms with Crippen LogP contribution in [0.5, 0.6) is 0 Å². The number of halogens is 3. The van der Waals surface area contributed by atoms with E-state index in [4.69, 9.17) is 0 Å². The molecule has 0 amide bonds. The van der Waals surface area contributed by atoms with Crippen LogP contribution in [0.4, 0.5) is 36.4 Å². The summed E-state index contributed by atoms with van der Waals surface area (Å²) in [5.41, 5.74) is 4.08. The molecule has 0 aliphatic heterocycles. The van der Waals surface area contributed by atoms with E-state index in [1.165, 1.54) is 36.8 Å². The zero-order valence-corrected chi connectivity index (χ0v) is 19.3. The molecular formula is C24H29F3N6. The molecule has 33 heavy (non-hydrogen) atoms. The lowest BCUT2D eigenvalue weighted by molar-refractivity contribution is -0.137. The number of hydrogen-bond donors (Lipinski definition) is 3. The second kappa shape index (κ2) is 9.03. The molecule has 176 valence electrons. The quantitative estimate of drug-likeness (QED) is 0.387. The van der Waals surface area contributed by atoms with Crippen molar-refractivity contribution in [1.29, 1.82) is 0 Å². The Hall–Kier alpha value is -3.10. The molecule has 6 nitrogen and oxygen atoms in total. The lowest BCUT2D eigenvalue weighted by Crippen LogP contribution is -2.13. The summed E-state index contributed by atoms with van der Waals surface area (Å²) in [5.74, 6) is 1.33. The first-order valence-electron chi connectivity index (χ1n) is 11.2. The van der Waals surface area contributed by atoms with Gasteiger partial charge < -0.3 is 10.6 Å². The molecule has 0 bridgehead atoms. The maximum Gasteiger partial charge on any atom is 0.421 e. The molecule has 0 atom stereocenters. The van der Waals surface area contributed by atoms with Crippen LogP contribution in [0.15, 0.2) is 24.4 Å². The van der Waals surface area contributed by atoms with Gasteiger partial charge in [-0.05, 0) is 68.2 Å². The van der Waals surface area contributed by atoms with Crippen LogP contribution in [0.1, 0.15) is 66.5 Å². The molecule has 1 fully saturated rings. The van der Waals surface area contributed by atoms with Gasteiger partial charge in [-0.25, -0.2) is 4.98 Å². The number of aromatic nitrogens is 4. The number of aryl methyl sites for hydroxylation is 3. The van der Waals surface area contributed by atoms with Gasteiger partial charge in [-0.2, -0.15) is 23.3 Å². The predicted molar refractivity (Wildman–Crippen MR) is 123 cm³/mol. The van der Waals surface area contributed by atoms with Gasteiger partial charge in [0.25, 0.3) is 0 Å². The number of hydrogen-bond acceptors (Lipinski definition) is 5. The van der Waals surface area contributed by atoms with Crippen LogP contribution in [0.25, 0.3) is 0 Å². The minimum atomic E-state index is -4.60. The molecule has 0 unspecified atom stereocenters. The third kappa shape index (κ3) is 5.29. The number of nitrogens with zero attached hydrogens (tertiary/aromatic N) is 3. The molecule has 2 aromatic heterocycles. The Morgan fingerprint density at radius 2 is 1.70 bits per heavy atom. The van der Waals surface area contributed by atoms with Gasteiger partial charge >= 0.3 is 6.18 Å². The van der Waals surface area contributed by atoms with E-state index in [1.54, 1.807) is 13.0 Å². The molecule has 2 heterocycles. The highest BCUT2D eigenvalue weighted by molar-refractivity contribution is 5.64. The number of aromatic amines is 1. The van der Waals surface area contributed by atoms with Crippen molar-refractivity contribution in [3.05, 3.63) is 52.3 Å². The Bertz CT molecular complexity index is 1130. The molecule has 1 aliphatic carbocycles. The van der Waals surface area contributed by atoms with Crippen LogP contribution in [0.2, 0.25) is 0 Å². The number of benzene rings is 1. The lowest BCUT2D eigenvalue weighted by Gasteiger charge is -2.28. The van der Waals surface area contributed by atoms with Crippen molar-refractivity contribution in [3.63, 3.8) is 0 Å². The zero-order chi connectivity index (χ0) is 23.8. The van der Waals surface area contributed by atoms with Gasteiger partial charge in [-0.1, -0.05) is 25.8 Å². The predicted octanol–water partition coefficient (Wildman–Crippen LogP) is 6.92. The summed E-state index contributed by atoms with van der Waals surface area (Å²) >= 11 is 0. The van der Waals surface area contributed by atoms with Crippen molar-refractivity contribution in [2.24, 2.45) is 5.92 Å². The van der Waals surface area contributed by atoms with E-state index in [-0.39, 0.29) is 17.6 Å². The average Bonchev–Trinajstić information content (AvgIpc) is 3.15. The largest absolute Gasteiger partial charge is 0.421 e. The minimum Gasteiger partial charge on any atom is -0.324 e. The van der Waals surface area contributed by atoms with E-state index in [0.717, 1.165) is 29.1 Å². The minimum absolute atomic E-state index is 0.0829. The number of anilines is 4. The summed E-state index contributed by atoms with van der Waals surface area (Å²) < 4.78 is 40.5. The molecule has 4 rings (SSSR count). The van der Waals surface area contributed by atoms with Crippen molar-refractivity contribution in [3.8, 4) is 0 Å². The summed E-state index contributed by atoms with van der Waals surface area (Å²) in [5, 5.41) is 12.4. The van der Waals surface area contributed by atoms with Gasteiger partial charge in [0.15, 0.2) is 5.82 Å². The molecule has 1 saturated carbocycles. The first-order valence-corrected chi connectivity index (χ1v) is 11.2. The number of alkyl halides is 3. The maximum atomic E-state index is 13.5. The summed E-state index contributed by atoms with van der Waals surface area (Å²) in [4.78, 5) is 8.05. The first-order chi connectivity index (χ1) is 15.6. The van der Waals surface area contributed by atoms with E-state index in [1.807, 2.05) is 13.0 Å². The summed E-state index contributed by atoms with van der Waals surface area (Å²) in [6, 6.07) is 5.83. The number of nitrogens with one attached hydrogen (secondary N) is 3. The highest BCUT2D eigenvalue weighted by atomic mass is 19.4. The van der Waals surface area contributed by atoms with Gasteiger partial charge in [0.05, 0.1) is 0 Å². The van der Waals surface area contributed by atoms with Gasteiger partial charge in [-0.3, -0.25) is 5.10 Å². The maximum absolute atomic E-state index is 13.5. The van der Waals surface area contributed by atoms with Crippen LogP contribution in [-0.4, -0.2) is 20.2 Å².